The maximum Gasteiger partial charge on any atom is 0.226 e. The molecule has 0 saturated heterocycles. The van der Waals surface area contributed by atoms with E-state index in [9.17, 15) is 4.79 Å². The second kappa shape index (κ2) is 7.34. The zero-order chi connectivity index (χ0) is 17.9. The highest BCUT2D eigenvalue weighted by Gasteiger charge is 2.31. The van der Waals surface area contributed by atoms with Crippen molar-refractivity contribution in [1.82, 2.24) is 10.3 Å². The average Bonchev–Trinajstić information content (AvgIpc) is 3.07. The van der Waals surface area contributed by atoms with E-state index in [2.05, 4.69) is 34.6 Å². The zero-order valence-corrected chi connectivity index (χ0v) is 14.9. The molecule has 1 heterocycles. The van der Waals surface area contributed by atoms with Crippen LogP contribution in [0.15, 0.2) is 65.3 Å². The fourth-order valence-electron chi connectivity index (χ4n) is 3.29. The summed E-state index contributed by atoms with van der Waals surface area (Å²) in [6.07, 6.45) is 3.75. The van der Waals surface area contributed by atoms with Crippen LogP contribution in [0.25, 0.3) is 11.5 Å². The molecule has 5 heteroatoms. The summed E-state index contributed by atoms with van der Waals surface area (Å²) in [4.78, 5) is 16.6. The van der Waals surface area contributed by atoms with Gasteiger partial charge in [-0.15, -0.1) is 0 Å². The molecule has 2 aromatic carbocycles. The Balaban J connectivity index is 1.29. The minimum absolute atomic E-state index is 0.0162. The van der Waals surface area contributed by atoms with E-state index in [-0.39, 0.29) is 18.4 Å². The maximum atomic E-state index is 12.2. The number of nitrogens with one attached hydrogen (secondary N) is 1. The number of carbonyl (C=O) groups is 1. The molecule has 1 aliphatic rings. The molecular weight excluding hydrogens is 348 g/mol. The van der Waals surface area contributed by atoms with Gasteiger partial charge < -0.3 is 9.73 Å². The Morgan fingerprint density at radius 2 is 1.85 bits per heavy atom. The summed E-state index contributed by atoms with van der Waals surface area (Å²) in [7, 11) is 0. The van der Waals surface area contributed by atoms with Gasteiger partial charge in [0.25, 0.3) is 0 Å². The van der Waals surface area contributed by atoms with Crippen molar-refractivity contribution in [2.45, 2.75) is 31.2 Å². The number of rotatable bonds is 5. The molecule has 0 radical (unpaired) electrons. The van der Waals surface area contributed by atoms with Crippen molar-refractivity contribution >= 4 is 17.5 Å². The van der Waals surface area contributed by atoms with Crippen LogP contribution in [0.3, 0.4) is 0 Å². The van der Waals surface area contributed by atoms with E-state index in [4.69, 9.17) is 16.0 Å². The summed E-state index contributed by atoms with van der Waals surface area (Å²) in [5.41, 5.74) is 2.82. The molecule has 1 aromatic heterocycles. The lowest BCUT2D eigenvalue weighted by molar-refractivity contribution is -0.121. The Hall–Kier alpha value is -2.59. The first-order valence-corrected chi connectivity index (χ1v) is 9.10. The second-order valence-corrected chi connectivity index (χ2v) is 7.11. The fraction of sp³-hybridized carbons (Fsp3) is 0.238. The molecule has 0 unspecified atom stereocenters. The highest BCUT2D eigenvalue weighted by atomic mass is 35.5. The van der Waals surface area contributed by atoms with Crippen LogP contribution in [0.4, 0.5) is 0 Å². The number of hydrogen-bond acceptors (Lipinski definition) is 3. The van der Waals surface area contributed by atoms with Crippen LogP contribution in [0.5, 0.6) is 0 Å². The lowest BCUT2D eigenvalue weighted by atomic mass is 9.76. The average molecular weight is 367 g/mol. The molecule has 1 amide bonds. The second-order valence-electron chi connectivity index (χ2n) is 6.67. The van der Waals surface area contributed by atoms with Crippen molar-refractivity contribution in [3.8, 4) is 11.5 Å². The Labute approximate surface area is 157 Å². The normalized spacial score (nSPS) is 19.0. The lowest BCUT2D eigenvalue weighted by Crippen LogP contribution is -2.43. The van der Waals surface area contributed by atoms with Crippen molar-refractivity contribution in [2.24, 2.45) is 0 Å². The Morgan fingerprint density at radius 1 is 1.12 bits per heavy atom. The first-order chi connectivity index (χ1) is 12.7. The van der Waals surface area contributed by atoms with Gasteiger partial charge in [0.2, 0.25) is 11.8 Å². The summed E-state index contributed by atoms with van der Waals surface area (Å²) in [6, 6.07) is 17.9. The third-order valence-electron chi connectivity index (χ3n) is 4.76. The molecule has 132 valence electrons. The molecule has 0 aliphatic heterocycles. The van der Waals surface area contributed by atoms with Crippen LogP contribution >= 0.6 is 11.6 Å². The molecule has 1 N–H and O–H groups in total. The molecule has 0 spiro atoms. The van der Waals surface area contributed by atoms with Gasteiger partial charge in [0.05, 0.1) is 12.1 Å². The fourth-order valence-corrected chi connectivity index (χ4v) is 3.42. The number of aromatic nitrogens is 1. The quantitative estimate of drug-likeness (QED) is 0.718. The smallest absolute Gasteiger partial charge is 0.226 e. The van der Waals surface area contributed by atoms with Gasteiger partial charge in [-0.2, -0.15) is 0 Å². The highest BCUT2D eigenvalue weighted by molar-refractivity contribution is 6.30. The highest BCUT2D eigenvalue weighted by Crippen LogP contribution is 2.36. The van der Waals surface area contributed by atoms with Crippen LogP contribution < -0.4 is 5.32 Å². The minimum atomic E-state index is -0.0162. The summed E-state index contributed by atoms with van der Waals surface area (Å²) >= 11 is 5.89. The Morgan fingerprint density at radius 3 is 2.58 bits per heavy atom. The van der Waals surface area contributed by atoms with Crippen LogP contribution in [-0.4, -0.2) is 16.9 Å². The molecule has 4 nitrogen and oxygen atoms in total. The number of oxazole rings is 1. The monoisotopic (exact) mass is 366 g/mol. The van der Waals surface area contributed by atoms with Crippen LogP contribution in [0, 0.1) is 0 Å². The van der Waals surface area contributed by atoms with Crippen molar-refractivity contribution in [1.29, 1.82) is 0 Å². The van der Waals surface area contributed by atoms with E-state index in [1.807, 2.05) is 18.2 Å². The van der Waals surface area contributed by atoms with Gasteiger partial charge in [0.15, 0.2) is 0 Å². The van der Waals surface area contributed by atoms with E-state index >= 15 is 0 Å². The molecule has 26 heavy (non-hydrogen) atoms. The van der Waals surface area contributed by atoms with Gasteiger partial charge in [-0.05, 0) is 48.6 Å². The van der Waals surface area contributed by atoms with Gasteiger partial charge in [0.1, 0.15) is 6.26 Å². The molecule has 3 aromatic rings. The van der Waals surface area contributed by atoms with Crippen LogP contribution in [0.1, 0.15) is 30.0 Å². The molecule has 1 aliphatic carbocycles. The van der Waals surface area contributed by atoms with Crippen molar-refractivity contribution in [3.63, 3.8) is 0 Å². The largest absolute Gasteiger partial charge is 0.444 e. The van der Waals surface area contributed by atoms with Gasteiger partial charge >= 0.3 is 0 Å². The molecule has 1 fully saturated rings. The first-order valence-electron chi connectivity index (χ1n) is 8.72. The minimum Gasteiger partial charge on any atom is -0.444 e. The van der Waals surface area contributed by atoms with E-state index in [1.165, 1.54) is 11.8 Å². The number of nitrogens with zero attached hydrogens (tertiary/aromatic N) is 1. The summed E-state index contributed by atoms with van der Waals surface area (Å²) in [5.74, 6) is 1.03. The van der Waals surface area contributed by atoms with E-state index in [0.717, 1.165) is 18.4 Å². The number of carbonyl (C=O) groups excluding carboxylic acids is 1. The lowest BCUT2D eigenvalue weighted by Gasteiger charge is -2.36. The number of hydrogen-bond donors (Lipinski definition) is 1. The molecule has 1 saturated carbocycles. The van der Waals surface area contributed by atoms with Gasteiger partial charge in [-0.3, -0.25) is 4.79 Å². The van der Waals surface area contributed by atoms with Crippen LogP contribution in [0.2, 0.25) is 5.02 Å². The topological polar surface area (TPSA) is 55.1 Å². The van der Waals surface area contributed by atoms with Crippen molar-refractivity contribution in [2.75, 3.05) is 0 Å². The van der Waals surface area contributed by atoms with E-state index < -0.39 is 0 Å². The van der Waals surface area contributed by atoms with Crippen molar-refractivity contribution in [3.05, 3.63) is 77.1 Å². The predicted molar refractivity (Wildman–Crippen MR) is 101 cm³/mol. The first kappa shape index (κ1) is 16.9. The third kappa shape index (κ3) is 3.81. The number of halogens is 1. The maximum absolute atomic E-state index is 12.2. The molecule has 0 bridgehead atoms. The summed E-state index contributed by atoms with van der Waals surface area (Å²) in [5, 5.41) is 3.74. The SMILES string of the molecule is O=C(Cc1coc(-c2ccc(Cl)cc2)n1)NC1CC(c2ccccc2)C1. The number of amides is 1. The molecular formula is C21H19ClN2O2. The van der Waals surface area contributed by atoms with E-state index in [0.29, 0.717) is 22.5 Å². The van der Waals surface area contributed by atoms with Gasteiger partial charge in [0, 0.05) is 16.6 Å². The Bertz CT molecular complexity index is 884. The molecule has 4 rings (SSSR count). The van der Waals surface area contributed by atoms with Gasteiger partial charge in [-0.1, -0.05) is 41.9 Å². The zero-order valence-electron chi connectivity index (χ0n) is 14.2. The molecule has 0 atom stereocenters. The Kier molecular flexibility index (Phi) is 4.76. The van der Waals surface area contributed by atoms with Crippen molar-refractivity contribution < 1.29 is 9.21 Å². The summed E-state index contributed by atoms with van der Waals surface area (Å²) in [6.45, 7) is 0. The third-order valence-corrected chi connectivity index (χ3v) is 5.01. The number of benzene rings is 2. The van der Waals surface area contributed by atoms with E-state index in [1.54, 1.807) is 12.1 Å². The predicted octanol–water partition coefficient (Wildman–Crippen LogP) is 4.60. The van der Waals surface area contributed by atoms with Gasteiger partial charge in [-0.25, -0.2) is 4.98 Å². The van der Waals surface area contributed by atoms with Crippen LogP contribution in [-0.2, 0) is 11.2 Å². The summed E-state index contributed by atoms with van der Waals surface area (Å²) < 4.78 is 5.48. The standard InChI is InChI=1S/C21H19ClN2O2/c22-17-8-6-15(7-9-17)21-24-19(13-26-21)12-20(25)23-18-10-16(11-18)14-4-2-1-3-5-14/h1-9,13,16,18H,10-12H2,(H,23,25).